The minimum atomic E-state index is -0.156. The number of hydrogen-bond acceptors (Lipinski definition) is 3. The third kappa shape index (κ3) is 4.81. The quantitative estimate of drug-likeness (QED) is 0.190. The first-order chi connectivity index (χ1) is 25.1. The van der Waals surface area contributed by atoms with E-state index in [1.165, 1.54) is 27.6 Å². The zero-order chi connectivity index (χ0) is 34.6. The predicted octanol–water partition coefficient (Wildman–Crippen LogP) is 10.9. The molecule has 0 fully saturated rings. The summed E-state index contributed by atoms with van der Waals surface area (Å²) in [5.74, 6) is 0.129. The molecule has 0 amide bonds. The van der Waals surface area contributed by atoms with Gasteiger partial charge in [0.05, 0.1) is 52.0 Å². The van der Waals surface area contributed by atoms with Crippen molar-refractivity contribution in [3.8, 4) is 51.8 Å². The Kier molecular flexibility index (Phi) is 7.06. The molecule has 5 nitrogen and oxygen atoms in total. The number of nitriles is 3. The summed E-state index contributed by atoms with van der Waals surface area (Å²) in [5.41, 5.74) is 13.9. The smallest absolute Gasteiger partial charge is 0.0992 e. The van der Waals surface area contributed by atoms with E-state index in [1.54, 1.807) is 0 Å². The first-order valence-electron chi connectivity index (χ1n) is 17.3. The SMILES string of the molecule is CC1CC=Cc2c3c(n(-c4ccc(C#N)cc4-c4cccc(-c5cc(C#N)cc(-n6c7ccccc7c7ccccc76)c5)c4)c21)C=CC(C#N)C3. The third-order valence-electron chi connectivity index (χ3n) is 10.5. The maximum absolute atomic E-state index is 10.2. The van der Waals surface area contributed by atoms with Gasteiger partial charge in [-0.25, -0.2) is 0 Å². The van der Waals surface area contributed by atoms with Gasteiger partial charge in [-0.2, -0.15) is 15.8 Å². The number of para-hydroxylation sites is 2. The number of hydrogen-bond donors (Lipinski definition) is 0. The van der Waals surface area contributed by atoms with Gasteiger partial charge in [0.2, 0.25) is 0 Å². The van der Waals surface area contributed by atoms with Crippen LogP contribution < -0.4 is 0 Å². The minimum absolute atomic E-state index is 0.156. The van der Waals surface area contributed by atoms with Crippen LogP contribution in [0.3, 0.4) is 0 Å². The van der Waals surface area contributed by atoms with E-state index in [0.717, 1.165) is 56.8 Å². The van der Waals surface area contributed by atoms with Gasteiger partial charge in [-0.1, -0.05) is 79.7 Å². The Balaban J connectivity index is 1.23. The lowest BCUT2D eigenvalue weighted by Crippen LogP contribution is -2.10. The molecule has 7 aromatic rings. The van der Waals surface area contributed by atoms with Gasteiger partial charge in [0.25, 0.3) is 0 Å². The van der Waals surface area contributed by atoms with Crippen molar-refractivity contribution in [1.29, 1.82) is 15.8 Å². The summed E-state index contributed by atoms with van der Waals surface area (Å²) in [6.45, 7) is 2.26. The Hall–Kier alpha value is -6.87. The van der Waals surface area contributed by atoms with Gasteiger partial charge in [0.1, 0.15) is 0 Å². The van der Waals surface area contributed by atoms with Crippen LogP contribution in [0.2, 0.25) is 0 Å². The van der Waals surface area contributed by atoms with E-state index in [9.17, 15) is 15.8 Å². The van der Waals surface area contributed by atoms with Crippen molar-refractivity contribution in [2.45, 2.75) is 25.7 Å². The molecule has 2 unspecified atom stereocenters. The van der Waals surface area contributed by atoms with Crippen LogP contribution in [0.1, 0.15) is 52.9 Å². The first-order valence-corrected chi connectivity index (χ1v) is 17.3. The number of rotatable bonds is 4. The topological polar surface area (TPSA) is 81.2 Å². The molecule has 5 aromatic carbocycles. The molecule has 0 N–H and O–H groups in total. The van der Waals surface area contributed by atoms with Crippen molar-refractivity contribution in [3.63, 3.8) is 0 Å². The van der Waals surface area contributed by atoms with Crippen LogP contribution in [0.4, 0.5) is 0 Å². The number of fused-ring (bicyclic) bond motifs is 6. The molecule has 0 aliphatic heterocycles. The number of allylic oxidation sites excluding steroid dienone is 2. The fourth-order valence-electron chi connectivity index (χ4n) is 8.15. The number of aromatic nitrogens is 2. The molecule has 2 aliphatic rings. The lowest BCUT2D eigenvalue weighted by atomic mass is 9.87. The molecule has 2 heterocycles. The second-order valence-corrected chi connectivity index (χ2v) is 13.5. The molecule has 0 saturated carbocycles. The van der Waals surface area contributed by atoms with Crippen molar-refractivity contribution in [2.24, 2.45) is 5.92 Å². The molecule has 2 aromatic heterocycles. The standard InChI is InChI=1S/C46H31N5/c1-29-8-6-13-39-41-23-31(27-48)17-19-45(41)51(46(29)39)44-18-16-30(26-47)22-40(44)34-10-7-9-33(24-34)35-20-32(28-49)21-36(25-35)50-42-14-4-2-11-37(42)38-12-3-5-15-43(38)50/h2-7,9-22,24-25,29,31H,8,23H2,1H3. The van der Waals surface area contributed by atoms with Gasteiger partial charge in [0.15, 0.2) is 0 Å². The van der Waals surface area contributed by atoms with Gasteiger partial charge >= 0.3 is 0 Å². The Morgan fingerprint density at radius 2 is 1.41 bits per heavy atom. The van der Waals surface area contributed by atoms with Crippen molar-refractivity contribution < 1.29 is 0 Å². The summed E-state index contributed by atoms with van der Waals surface area (Å²) < 4.78 is 4.61. The highest BCUT2D eigenvalue weighted by Gasteiger charge is 2.30. The van der Waals surface area contributed by atoms with E-state index in [0.29, 0.717) is 17.5 Å². The van der Waals surface area contributed by atoms with Crippen molar-refractivity contribution >= 4 is 34.0 Å². The molecular weight excluding hydrogens is 623 g/mol. The molecule has 0 bridgehead atoms. The van der Waals surface area contributed by atoms with Crippen LogP contribution >= 0.6 is 0 Å². The molecule has 2 aliphatic carbocycles. The second-order valence-electron chi connectivity index (χ2n) is 13.5. The Bertz CT molecular complexity index is 2710. The van der Waals surface area contributed by atoms with Gasteiger partial charge in [-0.3, -0.25) is 0 Å². The molecule has 9 rings (SSSR count). The van der Waals surface area contributed by atoms with Crippen LogP contribution in [-0.4, -0.2) is 9.13 Å². The number of nitrogens with zero attached hydrogens (tertiary/aromatic N) is 5. The highest BCUT2D eigenvalue weighted by atomic mass is 15.0. The predicted molar refractivity (Wildman–Crippen MR) is 204 cm³/mol. The average molecular weight is 654 g/mol. The fourth-order valence-corrected chi connectivity index (χ4v) is 8.15. The summed E-state index contributed by atoms with van der Waals surface area (Å²) in [5, 5.41) is 32.4. The average Bonchev–Trinajstić information content (AvgIpc) is 3.71. The van der Waals surface area contributed by atoms with Crippen LogP contribution in [-0.2, 0) is 6.42 Å². The summed E-state index contributed by atoms with van der Waals surface area (Å²) in [6.07, 6.45) is 10.2. The van der Waals surface area contributed by atoms with Crippen LogP contribution in [0.5, 0.6) is 0 Å². The zero-order valence-corrected chi connectivity index (χ0v) is 28.0. The van der Waals surface area contributed by atoms with Crippen molar-refractivity contribution in [3.05, 3.63) is 155 Å². The highest BCUT2D eigenvalue weighted by molar-refractivity contribution is 6.09. The van der Waals surface area contributed by atoms with Crippen molar-refractivity contribution in [1.82, 2.24) is 9.13 Å². The molecular formula is C46H31N5. The zero-order valence-electron chi connectivity index (χ0n) is 28.0. The van der Waals surface area contributed by atoms with E-state index < -0.39 is 0 Å². The molecule has 5 heteroatoms. The molecule has 51 heavy (non-hydrogen) atoms. The summed E-state index contributed by atoms with van der Waals surface area (Å²) in [7, 11) is 0. The van der Waals surface area contributed by atoms with E-state index >= 15 is 0 Å². The summed E-state index contributed by atoms with van der Waals surface area (Å²) in [4.78, 5) is 0. The van der Waals surface area contributed by atoms with Gasteiger partial charge in [0, 0.05) is 39.3 Å². The molecule has 0 saturated heterocycles. The summed E-state index contributed by atoms with van der Waals surface area (Å²) >= 11 is 0. The van der Waals surface area contributed by atoms with Crippen LogP contribution in [0.25, 0.3) is 67.6 Å². The summed E-state index contributed by atoms with van der Waals surface area (Å²) in [6, 6.07) is 44.4. The molecule has 2 atom stereocenters. The van der Waals surface area contributed by atoms with E-state index in [-0.39, 0.29) is 11.8 Å². The molecule has 240 valence electrons. The Morgan fingerprint density at radius 1 is 0.667 bits per heavy atom. The van der Waals surface area contributed by atoms with Crippen molar-refractivity contribution in [2.75, 3.05) is 0 Å². The van der Waals surface area contributed by atoms with Crippen LogP contribution in [0, 0.1) is 39.9 Å². The maximum atomic E-state index is 10.2. The van der Waals surface area contributed by atoms with Gasteiger partial charge in [-0.15, -0.1) is 0 Å². The molecule has 0 spiro atoms. The third-order valence-corrected chi connectivity index (χ3v) is 10.5. The van der Waals surface area contributed by atoms with Gasteiger partial charge < -0.3 is 9.13 Å². The monoisotopic (exact) mass is 653 g/mol. The molecule has 0 radical (unpaired) electrons. The van der Waals surface area contributed by atoms with E-state index in [2.05, 4.69) is 137 Å². The van der Waals surface area contributed by atoms with E-state index in [4.69, 9.17) is 0 Å². The maximum Gasteiger partial charge on any atom is 0.0992 e. The lowest BCUT2D eigenvalue weighted by Gasteiger charge is -2.22. The fraction of sp³-hybridized carbons (Fsp3) is 0.109. The lowest BCUT2D eigenvalue weighted by molar-refractivity contribution is 0.717. The largest absolute Gasteiger partial charge is 0.312 e. The van der Waals surface area contributed by atoms with Crippen LogP contribution in [0.15, 0.2) is 121 Å². The minimum Gasteiger partial charge on any atom is -0.312 e. The van der Waals surface area contributed by atoms with Gasteiger partial charge in [-0.05, 0) is 101 Å². The van der Waals surface area contributed by atoms with E-state index in [1.807, 2.05) is 30.3 Å². The first kappa shape index (κ1) is 30.2. The normalized spacial score (nSPS) is 16.0. The second kappa shape index (κ2) is 11.9. The highest BCUT2D eigenvalue weighted by Crippen LogP contribution is 2.43. The Morgan fingerprint density at radius 3 is 2.16 bits per heavy atom. The number of benzene rings is 5. The Labute approximate surface area is 296 Å².